The summed E-state index contributed by atoms with van der Waals surface area (Å²) in [7, 11) is 0. The number of aromatic nitrogens is 7. The van der Waals surface area contributed by atoms with Gasteiger partial charge in [-0.1, -0.05) is 184 Å². The maximum absolute atomic E-state index is 11.2. The van der Waals surface area contributed by atoms with Gasteiger partial charge in [-0.05, 0) is 116 Å². The Labute approximate surface area is 632 Å². The number of hydrogen-bond acceptors (Lipinski definition) is 21. The van der Waals surface area contributed by atoms with E-state index in [1.165, 1.54) is 112 Å². The molecule has 106 heavy (non-hydrogen) atoms. The monoisotopic (exact) mass is 1460 g/mol. The lowest BCUT2D eigenvalue weighted by Crippen LogP contribution is -2.23. The Morgan fingerprint density at radius 1 is 0.217 bits per heavy atom. The fraction of sp³-hybridized carbons (Fsp3) is 0.424. The van der Waals surface area contributed by atoms with Crippen LogP contribution in [0.1, 0.15) is 359 Å². The molecule has 1 fully saturated rings. The first-order valence-electron chi connectivity index (χ1n) is 36.1. The summed E-state index contributed by atoms with van der Waals surface area (Å²) in [5, 5.41) is 7.16. The topological polar surface area (TPSA) is 329 Å². The summed E-state index contributed by atoms with van der Waals surface area (Å²) in [5.74, 6) is 0.288. The molecule has 4 aromatic heterocycles. The molecule has 8 rings (SSSR count). The number of carbonyl (C=O) groups is 14. The summed E-state index contributed by atoms with van der Waals surface area (Å²) < 4.78 is 0. The molecule has 0 unspecified atom stereocenters. The van der Waals surface area contributed by atoms with Crippen LogP contribution in [0.5, 0.6) is 0 Å². The molecule has 0 aliphatic heterocycles. The molecule has 0 bridgehead atoms. The average Bonchev–Trinajstić information content (AvgIpc) is 0.852. The van der Waals surface area contributed by atoms with Crippen molar-refractivity contribution < 1.29 is 67.1 Å². The van der Waals surface area contributed by atoms with Crippen LogP contribution in [0.25, 0.3) is 11.1 Å². The van der Waals surface area contributed by atoms with Crippen molar-refractivity contribution in [3.8, 4) is 11.1 Å². The van der Waals surface area contributed by atoms with Gasteiger partial charge in [0, 0.05) is 99.8 Å². The minimum atomic E-state index is -0.204. The lowest BCUT2D eigenvalue weighted by molar-refractivity contribution is -0.126. The van der Waals surface area contributed by atoms with Gasteiger partial charge in [0.1, 0.15) is 40.0 Å². The van der Waals surface area contributed by atoms with Gasteiger partial charge < -0.3 is 0 Å². The van der Waals surface area contributed by atoms with E-state index < -0.39 is 0 Å². The van der Waals surface area contributed by atoms with Crippen LogP contribution < -0.4 is 0 Å². The first-order chi connectivity index (χ1) is 50.2. The van der Waals surface area contributed by atoms with Crippen LogP contribution in [0.3, 0.4) is 0 Å². The molecule has 3 aromatic carbocycles. The highest BCUT2D eigenvalue weighted by Crippen LogP contribution is 2.29. The Morgan fingerprint density at radius 3 is 0.604 bits per heavy atom. The lowest BCUT2D eigenvalue weighted by atomic mass is 9.79. The van der Waals surface area contributed by atoms with E-state index in [9.17, 15) is 67.1 Å². The van der Waals surface area contributed by atoms with E-state index in [2.05, 4.69) is 35.1 Å². The summed E-state index contributed by atoms with van der Waals surface area (Å²) in [6, 6.07) is 27.7. The predicted molar refractivity (Wildman–Crippen MR) is 426 cm³/mol. The molecule has 1 aliphatic rings. The van der Waals surface area contributed by atoms with Crippen molar-refractivity contribution in [2.75, 3.05) is 0 Å². The predicted octanol–water partition coefficient (Wildman–Crippen LogP) is 20.2. The second kappa shape index (κ2) is 66.4. The van der Waals surface area contributed by atoms with Crippen LogP contribution in [0.15, 0.2) is 128 Å². The molecular weight excluding hydrogens is 1340 g/mol. The largest absolute Gasteiger partial charge is 0.300 e. The maximum atomic E-state index is 11.2. The molecule has 580 valence electrons. The number of rotatable bonds is 15. The fourth-order valence-electron chi connectivity index (χ4n) is 7.54. The molecular formula is C85H121N7O14. The highest BCUT2D eigenvalue weighted by molar-refractivity contribution is 6.00. The van der Waals surface area contributed by atoms with Gasteiger partial charge >= 0.3 is 0 Å². The molecule has 0 radical (unpaired) electrons. The van der Waals surface area contributed by atoms with Crippen molar-refractivity contribution in [1.82, 2.24) is 35.1 Å². The van der Waals surface area contributed by atoms with Crippen LogP contribution >= 0.6 is 0 Å². The van der Waals surface area contributed by atoms with Crippen LogP contribution in [0.2, 0.25) is 0 Å². The molecule has 21 heteroatoms. The van der Waals surface area contributed by atoms with Crippen molar-refractivity contribution in [3.63, 3.8) is 0 Å². The molecule has 0 saturated heterocycles. The molecule has 0 atom stereocenters. The number of benzene rings is 3. The quantitative estimate of drug-likeness (QED) is 0.0861. The third-order valence-electron chi connectivity index (χ3n) is 13.2. The van der Waals surface area contributed by atoms with E-state index in [0.29, 0.717) is 39.1 Å². The summed E-state index contributed by atoms with van der Waals surface area (Å²) in [5.41, 5.74) is 7.21. The smallest absolute Gasteiger partial charge is 0.196 e. The Balaban J connectivity index is -0.000000210. The summed E-state index contributed by atoms with van der Waals surface area (Å²) in [6.45, 7) is 52.7. The van der Waals surface area contributed by atoms with Crippen LogP contribution in [-0.2, 0) is 9.59 Å². The van der Waals surface area contributed by atoms with Gasteiger partial charge in [-0.25, -0.2) is 19.9 Å². The first-order valence-corrected chi connectivity index (χ1v) is 36.1. The third-order valence-corrected chi connectivity index (χ3v) is 13.2. The standard InChI is InChI=1S/C16H14O2.C10H16O2.C10H10O2.C9H9NO2.3C8H8N2O2.8C2H6/c1-11(17)13-3-7-15(8-4-13)16-9-5-14(6-10-16)12(2)18;2*1-7(11)9-3-5-10(6-4-9)8(2)12;1-6(11)8-3-4-9(7(2)12)10-5-8;1-5(11)7-3-10-8(4-9-7)6(2)12;1-5(11)7-3-9-8(6(2)12)10-4-7;1-5(11)7-3-4-8(6(2)12)10-9-7;8*1-2/h3-10H,1-2H3;9-10H,3-6H2,1-2H3;3-6H,1-2H3;3-5H,1-2H3;3*3-4H,1-2H3;8*1-2H3. The van der Waals surface area contributed by atoms with Gasteiger partial charge in [0.05, 0.1) is 18.0 Å². The number of ketones is 14. The molecule has 1 saturated carbocycles. The molecule has 21 nitrogen and oxygen atoms in total. The molecule has 7 aromatic rings. The first kappa shape index (κ1) is 109. The number of hydrogen-bond donors (Lipinski definition) is 0. The Morgan fingerprint density at radius 2 is 0.425 bits per heavy atom. The normalized spacial score (nSPS) is 10.9. The van der Waals surface area contributed by atoms with E-state index >= 15 is 0 Å². The van der Waals surface area contributed by atoms with Crippen molar-refractivity contribution >= 4 is 81.0 Å². The van der Waals surface area contributed by atoms with Crippen LogP contribution in [0.4, 0.5) is 0 Å². The SMILES string of the molecule is CC.CC.CC.CC.CC.CC.CC.CC.CC(=O)C1CCC(C(C)=O)CC1.CC(=O)c1ccc(-c2ccc(C(C)=O)cc2)cc1.CC(=O)c1ccc(C(C)=O)cc1.CC(=O)c1ccc(C(C)=O)nc1.CC(=O)c1ccc(C(C)=O)nn1.CC(=O)c1cnc(C(C)=O)cn1.CC(=O)c1cnc(C(C)=O)nc1. The van der Waals surface area contributed by atoms with Crippen molar-refractivity contribution in [1.29, 1.82) is 0 Å². The maximum Gasteiger partial charge on any atom is 0.196 e. The molecule has 1 aliphatic carbocycles. The number of pyridine rings is 1. The Bertz CT molecular complexity index is 3080. The van der Waals surface area contributed by atoms with Gasteiger partial charge in [-0.2, -0.15) is 0 Å². The second-order valence-corrected chi connectivity index (χ2v) is 20.5. The van der Waals surface area contributed by atoms with E-state index in [-0.39, 0.29) is 121 Å². The van der Waals surface area contributed by atoms with Gasteiger partial charge in [0.15, 0.2) is 75.2 Å². The van der Waals surface area contributed by atoms with Gasteiger partial charge in [-0.3, -0.25) is 72.1 Å². The Hall–Kier alpha value is -10.6. The van der Waals surface area contributed by atoms with E-state index in [0.717, 1.165) is 36.8 Å². The third kappa shape index (κ3) is 47.6. The molecule has 0 N–H and O–H groups in total. The highest BCUT2D eigenvalue weighted by Gasteiger charge is 2.26. The van der Waals surface area contributed by atoms with Crippen molar-refractivity contribution in [3.05, 3.63) is 196 Å². The van der Waals surface area contributed by atoms with Gasteiger partial charge in [0.25, 0.3) is 0 Å². The van der Waals surface area contributed by atoms with E-state index in [4.69, 9.17) is 0 Å². The highest BCUT2D eigenvalue weighted by atomic mass is 16.2. The van der Waals surface area contributed by atoms with Crippen molar-refractivity contribution in [2.24, 2.45) is 11.8 Å². The lowest BCUT2D eigenvalue weighted by Gasteiger charge is -2.24. The summed E-state index contributed by atoms with van der Waals surface area (Å²) >= 11 is 0. The van der Waals surface area contributed by atoms with Gasteiger partial charge in [0.2, 0.25) is 0 Å². The average molecular weight is 1460 g/mol. The van der Waals surface area contributed by atoms with Gasteiger partial charge in [-0.15, -0.1) is 10.2 Å². The minimum absolute atomic E-state index is 0.0186. The van der Waals surface area contributed by atoms with E-state index in [1.807, 2.05) is 159 Å². The van der Waals surface area contributed by atoms with Crippen LogP contribution in [0, 0.1) is 11.8 Å². The minimum Gasteiger partial charge on any atom is -0.300 e. The zero-order chi connectivity index (χ0) is 83.9. The summed E-state index contributed by atoms with van der Waals surface area (Å²) in [4.78, 5) is 171. The van der Waals surface area contributed by atoms with Crippen molar-refractivity contribution in [2.45, 2.75) is 233 Å². The zero-order valence-corrected chi connectivity index (χ0v) is 69.0. The fourth-order valence-corrected chi connectivity index (χ4v) is 7.54. The summed E-state index contributed by atoms with van der Waals surface area (Å²) in [6.07, 6.45) is 10.4. The second-order valence-electron chi connectivity index (χ2n) is 20.5. The van der Waals surface area contributed by atoms with E-state index in [1.54, 1.807) is 64.1 Å². The zero-order valence-electron chi connectivity index (χ0n) is 69.0. The number of nitrogens with zero attached hydrogens (tertiary/aromatic N) is 7. The molecule has 4 heterocycles. The molecule has 0 amide bonds. The molecule has 0 spiro atoms. The number of carbonyl (C=O) groups excluding carboxylic acids is 14. The Kier molecular flexibility index (Phi) is 68.2. The number of Topliss-reactive ketones (excluding diaryl/α,β-unsaturated/α-hetero) is 14. The van der Waals surface area contributed by atoms with Crippen LogP contribution in [-0.4, -0.2) is 116 Å².